The maximum Gasteiger partial charge on any atom is 0.137 e. The lowest BCUT2D eigenvalue weighted by Crippen LogP contribution is -1.98. The lowest BCUT2D eigenvalue weighted by Gasteiger charge is -2.08. The molecule has 2 aromatic carbocycles. The average Bonchev–Trinajstić information content (AvgIpc) is 2.39. The number of nitrogens with two attached hydrogens (primary N) is 1. The molecule has 0 aromatic heterocycles. The van der Waals surface area contributed by atoms with Crippen molar-refractivity contribution in [1.82, 2.24) is 0 Å². The number of hydrogen-bond acceptors (Lipinski definition) is 3. The number of ether oxygens (including phenoxy) is 1. The third-order valence-electron chi connectivity index (χ3n) is 2.63. The summed E-state index contributed by atoms with van der Waals surface area (Å²) in [7, 11) is 0. The van der Waals surface area contributed by atoms with Gasteiger partial charge in [0.2, 0.25) is 0 Å². The number of hydrogen-bond donors (Lipinski definition) is 1. The van der Waals surface area contributed by atoms with Crippen LogP contribution in [0.2, 0.25) is 0 Å². The molecule has 2 N–H and O–H groups in total. The smallest absolute Gasteiger partial charge is 0.137 e. The van der Waals surface area contributed by atoms with Gasteiger partial charge < -0.3 is 10.5 Å². The Balaban J connectivity index is 2.11. The summed E-state index contributed by atoms with van der Waals surface area (Å²) in [6, 6.07) is 15.2. The Hall–Kier alpha value is -2.47. The highest BCUT2D eigenvalue weighted by molar-refractivity contribution is 5.45. The van der Waals surface area contributed by atoms with Crippen LogP contribution in [-0.4, -0.2) is 0 Å². The van der Waals surface area contributed by atoms with Gasteiger partial charge in [-0.05, 0) is 42.3 Å². The first-order chi connectivity index (χ1) is 8.69. The molecule has 0 unspecified atom stereocenters. The van der Waals surface area contributed by atoms with E-state index >= 15 is 0 Å². The van der Waals surface area contributed by atoms with Crippen LogP contribution in [0.3, 0.4) is 0 Å². The van der Waals surface area contributed by atoms with Crippen LogP contribution in [0.25, 0.3) is 0 Å². The van der Waals surface area contributed by atoms with Crippen LogP contribution < -0.4 is 10.5 Å². The number of benzene rings is 2. The number of aryl methyl sites for hydroxylation is 1. The molecule has 0 heterocycles. The van der Waals surface area contributed by atoms with Crippen LogP contribution in [0.15, 0.2) is 42.5 Å². The van der Waals surface area contributed by atoms with E-state index < -0.39 is 0 Å². The molecule has 3 heteroatoms. The van der Waals surface area contributed by atoms with Crippen molar-refractivity contribution in [3.63, 3.8) is 0 Å². The molecule has 0 aliphatic carbocycles. The average molecular weight is 238 g/mol. The Bertz CT molecular complexity index is 582. The summed E-state index contributed by atoms with van der Waals surface area (Å²) in [5.74, 6) is 0.611. The van der Waals surface area contributed by atoms with Crippen molar-refractivity contribution in [2.45, 2.75) is 13.5 Å². The fourth-order valence-corrected chi connectivity index (χ4v) is 1.63. The molecule has 2 aromatic rings. The second kappa shape index (κ2) is 5.24. The molecular weight excluding hydrogens is 224 g/mol. The van der Waals surface area contributed by atoms with E-state index in [0.717, 1.165) is 16.8 Å². The Kier molecular flexibility index (Phi) is 3.49. The fraction of sp³-hybridized carbons (Fsp3) is 0.133. The molecule has 0 atom stereocenters. The maximum atomic E-state index is 9.03. The van der Waals surface area contributed by atoms with Crippen molar-refractivity contribution >= 4 is 5.69 Å². The van der Waals surface area contributed by atoms with E-state index in [1.165, 1.54) is 0 Å². The van der Waals surface area contributed by atoms with Gasteiger partial charge in [-0.1, -0.05) is 18.2 Å². The van der Waals surface area contributed by atoms with Crippen LogP contribution >= 0.6 is 0 Å². The number of nitriles is 1. The van der Waals surface area contributed by atoms with Gasteiger partial charge in [0.25, 0.3) is 0 Å². The first kappa shape index (κ1) is 12.0. The van der Waals surface area contributed by atoms with Crippen LogP contribution in [0.5, 0.6) is 5.75 Å². The summed E-state index contributed by atoms with van der Waals surface area (Å²) in [4.78, 5) is 0. The topological polar surface area (TPSA) is 59.0 Å². The standard InChI is InChI=1S/C15H14N2O/c1-11-2-7-15(13(8-11)9-16)18-10-12-3-5-14(17)6-4-12/h2-8H,10,17H2,1H3. The molecule has 0 fully saturated rings. The first-order valence-corrected chi connectivity index (χ1v) is 5.67. The van der Waals surface area contributed by atoms with E-state index in [4.69, 9.17) is 15.7 Å². The van der Waals surface area contributed by atoms with Crippen molar-refractivity contribution in [3.05, 3.63) is 59.2 Å². The van der Waals surface area contributed by atoms with Crippen molar-refractivity contribution in [2.24, 2.45) is 0 Å². The molecule has 0 spiro atoms. The monoisotopic (exact) mass is 238 g/mol. The first-order valence-electron chi connectivity index (χ1n) is 5.67. The predicted molar refractivity (Wildman–Crippen MR) is 71.1 cm³/mol. The molecule has 0 aliphatic heterocycles. The van der Waals surface area contributed by atoms with Crippen LogP contribution in [0.1, 0.15) is 16.7 Å². The second-order valence-electron chi connectivity index (χ2n) is 4.14. The zero-order valence-electron chi connectivity index (χ0n) is 10.2. The summed E-state index contributed by atoms with van der Waals surface area (Å²) in [5, 5.41) is 9.03. The molecule has 0 amide bonds. The highest BCUT2D eigenvalue weighted by Gasteiger charge is 2.03. The summed E-state index contributed by atoms with van der Waals surface area (Å²) in [5.41, 5.74) is 8.97. The van der Waals surface area contributed by atoms with Crippen molar-refractivity contribution in [1.29, 1.82) is 5.26 Å². The Morgan fingerprint density at radius 2 is 1.89 bits per heavy atom. The number of rotatable bonds is 3. The van der Waals surface area contributed by atoms with Gasteiger partial charge in [0.15, 0.2) is 0 Å². The minimum atomic E-state index is 0.429. The van der Waals surface area contributed by atoms with Gasteiger partial charge in [0.1, 0.15) is 18.4 Å². The Labute approximate surface area is 106 Å². The molecule has 3 nitrogen and oxygen atoms in total. The Morgan fingerprint density at radius 3 is 2.56 bits per heavy atom. The molecule has 0 radical (unpaired) electrons. The molecule has 0 aliphatic rings. The van der Waals surface area contributed by atoms with Crippen LogP contribution in [0.4, 0.5) is 5.69 Å². The number of anilines is 1. The third kappa shape index (κ3) is 2.80. The molecule has 0 saturated carbocycles. The normalized spacial score (nSPS) is 9.78. The van der Waals surface area contributed by atoms with E-state index in [0.29, 0.717) is 17.9 Å². The summed E-state index contributed by atoms with van der Waals surface area (Å²) >= 11 is 0. The molecule has 90 valence electrons. The van der Waals surface area contributed by atoms with Gasteiger partial charge in [-0.15, -0.1) is 0 Å². The Morgan fingerprint density at radius 1 is 1.17 bits per heavy atom. The number of nitrogen functional groups attached to an aromatic ring is 1. The van der Waals surface area contributed by atoms with Crippen molar-refractivity contribution in [2.75, 3.05) is 5.73 Å². The van der Waals surface area contributed by atoms with Gasteiger partial charge in [-0.2, -0.15) is 5.26 Å². The minimum Gasteiger partial charge on any atom is -0.488 e. The van der Waals surface area contributed by atoms with Crippen molar-refractivity contribution < 1.29 is 4.74 Å². The highest BCUT2D eigenvalue weighted by Crippen LogP contribution is 2.20. The van der Waals surface area contributed by atoms with Gasteiger partial charge in [0, 0.05) is 5.69 Å². The van der Waals surface area contributed by atoms with Gasteiger partial charge in [-0.25, -0.2) is 0 Å². The van der Waals surface area contributed by atoms with Gasteiger partial charge >= 0.3 is 0 Å². The predicted octanol–water partition coefficient (Wildman–Crippen LogP) is 3.03. The highest BCUT2D eigenvalue weighted by atomic mass is 16.5. The minimum absolute atomic E-state index is 0.429. The molecule has 18 heavy (non-hydrogen) atoms. The van der Waals surface area contributed by atoms with E-state index in [9.17, 15) is 0 Å². The summed E-state index contributed by atoms with van der Waals surface area (Å²) < 4.78 is 5.65. The third-order valence-corrected chi connectivity index (χ3v) is 2.63. The summed E-state index contributed by atoms with van der Waals surface area (Å²) in [6.07, 6.45) is 0. The van der Waals surface area contributed by atoms with E-state index in [1.807, 2.05) is 49.4 Å². The van der Waals surface area contributed by atoms with Crippen LogP contribution in [-0.2, 0) is 6.61 Å². The second-order valence-corrected chi connectivity index (χ2v) is 4.14. The summed E-state index contributed by atoms with van der Waals surface area (Å²) in [6.45, 7) is 2.38. The zero-order valence-corrected chi connectivity index (χ0v) is 10.2. The zero-order chi connectivity index (χ0) is 13.0. The lowest BCUT2D eigenvalue weighted by molar-refractivity contribution is 0.305. The fourth-order valence-electron chi connectivity index (χ4n) is 1.63. The van der Waals surface area contributed by atoms with E-state index in [-0.39, 0.29) is 0 Å². The van der Waals surface area contributed by atoms with E-state index in [2.05, 4.69) is 6.07 Å². The quantitative estimate of drug-likeness (QED) is 0.836. The SMILES string of the molecule is Cc1ccc(OCc2ccc(N)cc2)c(C#N)c1. The van der Waals surface area contributed by atoms with E-state index in [1.54, 1.807) is 0 Å². The molecule has 0 bridgehead atoms. The molecule has 0 saturated heterocycles. The lowest BCUT2D eigenvalue weighted by atomic mass is 10.1. The van der Waals surface area contributed by atoms with Crippen LogP contribution in [0, 0.1) is 18.3 Å². The maximum absolute atomic E-state index is 9.03. The van der Waals surface area contributed by atoms with Gasteiger partial charge in [0.05, 0.1) is 5.56 Å². The molecule has 2 rings (SSSR count). The largest absolute Gasteiger partial charge is 0.488 e. The van der Waals surface area contributed by atoms with Gasteiger partial charge in [-0.3, -0.25) is 0 Å². The molecular formula is C15H14N2O. The number of nitrogens with zero attached hydrogens (tertiary/aromatic N) is 1. The van der Waals surface area contributed by atoms with Crippen molar-refractivity contribution in [3.8, 4) is 11.8 Å².